The number of carbonyl (C=O) groups excluding carboxylic acids is 2. The van der Waals surface area contributed by atoms with Gasteiger partial charge in [-0.1, -0.05) is 0 Å². The van der Waals surface area contributed by atoms with Gasteiger partial charge in [-0.3, -0.25) is 14.5 Å². The molecule has 0 aromatic heterocycles. The molecule has 0 saturated carbocycles. The zero-order valence-corrected chi connectivity index (χ0v) is 11.7. The smallest absolute Gasteiger partial charge is 0.326 e. The lowest BCUT2D eigenvalue weighted by Crippen LogP contribution is -2.54. The van der Waals surface area contributed by atoms with Crippen molar-refractivity contribution in [3.8, 4) is 0 Å². The summed E-state index contributed by atoms with van der Waals surface area (Å²) in [5.41, 5.74) is 5.31. The molecule has 8 heteroatoms. The Balaban J connectivity index is 5.26. The number of aliphatic hydroxyl groups excluding tert-OH is 2. The molecule has 0 bridgehead atoms. The number of nitrogens with two attached hydrogens (primary N) is 1. The monoisotopic (exact) mass is 290 g/mol. The average Bonchev–Trinajstić information content (AvgIpc) is 2.36. The van der Waals surface area contributed by atoms with Gasteiger partial charge in [0.25, 0.3) is 11.8 Å². The minimum Gasteiger partial charge on any atom is -0.480 e. The van der Waals surface area contributed by atoms with Crippen LogP contribution in [0, 0.1) is 0 Å². The van der Waals surface area contributed by atoms with E-state index in [0.29, 0.717) is 24.3 Å². The highest BCUT2D eigenvalue weighted by atomic mass is 16.4. The number of aliphatic hydroxyl groups is 2. The van der Waals surface area contributed by atoms with Crippen LogP contribution in [0.2, 0.25) is 0 Å². The first-order valence-corrected chi connectivity index (χ1v) is 6.40. The second kappa shape index (κ2) is 8.62. The molecule has 20 heavy (non-hydrogen) atoms. The van der Waals surface area contributed by atoms with Gasteiger partial charge in [0.05, 0.1) is 0 Å². The van der Waals surface area contributed by atoms with Crippen LogP contribution in [0.25, 0.3) is 0 Å². The van der Waals surface area contributed by atoms with Gasteiger partial charge in [0, 0.05) is 0 Å². The number of unbranched alkanes of at least 4 members (excludes halogenated alkanes) is 1. The third-order valence-corrected chi connectivity index (χ3v) is 2.72. The number of hydrogen-bond acceptors (Lipinski definition) is 6. The highest BCUT2D eigenvalue weighted by molar-refractivity contribution is 6.02. The van der Waals surface area contributed by atoms with Crippen molar-refractivity contribution >= 4 is 17.8 Å². The molecule has 0 aliphatic carbocycles. The van der Waals surface area contributed by atoms with Gasteiger partial charge in [0.15, 0.2) is 0 Å². The number of rotatable bonds is 8. The van der Waals surface area contributed by atoms with Gasteiger partial charge in [-0.25, -0.2) is 4.79 Å². The van der Waals surface area contributed by atoms with Crippen molar-refractivity contribution < 1.29 is 29.7 Å². The zero-order valence-electron chi connectivity index (χ0n) is 11.7. The van der Waals surface area contributed by atoms with Crippen LogP contribution >= 0.6 is 0 Å². The highest BCUT2D eigenvalue weighted by Crippen LogP contribution is 2.13. The molecule has 0 aliphatic rings. The molecule has 0 aliphatic heterocycles. The van der Waals surface area contributed by atoms with Crippen molar-refractivity contribution in [1.82, 2.24) is 4.90 Å². The maximum Gasteiger partial charge on any atom is 0.326 e. The highest BCUT2D eigenvalue weighted by Gasteiger charge is 2.37. The van der Waals surface area contributed by atoms with Crippen molar-refractivity contribution in [2.24, 2.45) is 5.73 Å². The lowest BCUT2D eigenvalue weighted by atomic mass is 10.1. The summed E-state index contributed by atoms with van der Waals surface area (Å²) in [6, 6.07) is -1.43. The molecule has 0 fully saturated rings. The Morgan fingerprint density at radius 2 is 1.50 bits per heavy atom. The average molecular weight is 290 g/mol. The molecule has 0 rings (SSSR count). The van der Waals surface area contributed by atoms with Gasteiger partial charge in [0.1, 0.15) is 18.2 Å². The van der Waals surface area contributed by atoms with Crippen LogP contribution in [0.3, 0.4) is 0 Å². The third-order valence-electron chi connectivity index (χ3n) is 2.72. The molecule has 0 saturated heterocycles. The first kappa shape index (κ1) is 18.5. The number of carbonyl (C=O) groups is 3. The van der Waals surface area contributed by atoms with E-state index in [4.69, 9.17) is 10.8 Å². The predicted molar refractivity (Wildman–Crippen MR) is 69.5 cm³/mol. The van der Waals surface area contributed by atoms with Crippen molar-refractivity contribution in [3.05, 3.63) is 0 Å². The molecular formula is C12H22N2O6. The Hall–Kier alpha value is -1.51. The van der Waals surface area contributed by atoms with Crippen LogP contribution in [0.15, 0.2) is 0 Å². The maximum atomic E-state index is 11.8. The number of nitrogens with zero attached hydrogens (tertiary/aromatic N) is 1. The fourth-order valence-corrected chi connectivity index (χ4v) is 1.66. The van der Waals surface area contributed by atoms with E-state index in [1.54, 1.807) is 0 Å². The summed E-state index contributed by atoms with van der Waals surface area (Å²) in [4.78, 5) is 35.3. The topological polar surface area (TPSA) is 141 Å². The van der Waals surface area contributed by atoms with E-state index in [-0.39, 0.29) is 6.42 Å². The number of amides is 2. The molecular weight excluding hydrogens is 268 g/mol. The lowest BCUT2D eigenvalue weighted by molar-refractivity contribution is -0.165. The van der Waals surface area contributed by atoms with E-state index in [1.165, 1.54) is 0 Å². The van der Waals surface area contributed by atoms with E-state index in [1.807, 2.05) is 0 Å². The second-order valence-electron chi connectivity index (χ2n) is 4.54. The van der Waals surface area contributed by atoms with Gasteiger partial charge in [-0.2, -0.15) is 0 Å². The zero-order chi connectivity index (χ0) is 15.9. The SMILES string of the molecule is CC(O)C(=O)N(C(=O)C(C)O)C(CCCCN)C(=O)O. The number of carboxylic acids is 1. The van der Waals surface area contributed by atoms with Crippen LogP contribution in [-0.2, 0) is 14.4 Å². The summed E-state index contributed by atoms with van der Waals surface area (Å²) in [6.07, 6.45) is -2.10. The normalized spacial score (nSPS) is 15.2. The van der Waals surface area contributed by atoms with Gasteiger partial charge in [0.2, 0.25) is 0 Å². The molecule has 0 heterocycles. The van der Waals surface area contributed by atoms with Crippen LogP contribution in [0.5, 0.6) is 0 Å². The summed E-state index contributed by atoms with van der Waals surface area (Å²) in [6.45, 7) is 2.62. The Morgan fingerprint density at radius 3 is 1.80 bits per heavy atom. The molecule has 116 valence electrons. The maximum absolute atomic E-state index is 11.8. The Kier molecular flexibility index (Phi) is 7.97. The molecule has 0 spiro atoms. The summed E-state index contributed by atoms with van der Waals surface area (Å²) in [5, 5.41) is 27.7. The Morgan fingerprint density at radius 1 is 1.05 bits per heavy atom. The fourth-order valence-electron chi connectivity index (χ4n) is 1.66. The number of imide groups is 1. The Labute approximate surface area is 117 Å². The summed E-state index contributed by atoms with van der Waals surface area (Å²) >= 11 is 0. The fraction of sp³-hybridized carbons (Fsp3) is 0.750. The van der Waals surface area contributed by atoms with E-state index in [9.17, 15) is 24.6 Å². The van der Waals surface area contributed by atoms with Crippen LogP contribution in [0.4, 0.5) is 0 Å². The van der Waals surface area contributed by atoms with Crippen LogP contribution in [0.1, 0.15) is 33.1 Å². The van der Waals surface area contributed by atoms with Crippen molar-refractivity contribution in [2.45, 2.75) is 51.4 Å². The van der Waals surface area contributed by atoms with Crippen molar-refractivity contribution in [2.75, 3.05) is 6.54 Å². The molecule has 0 aromatic carbocycles. The molecule has 8 nitrogen and oxygen atoms in total. The van der Waals surface area contributed by atoms with Gasteiger partial charge in [-0.15, -0.1) is 0 Å². The van der Waals surface area contributed by atoms with E-state index >= 15 is 0 Å². The Bertz CT molecular complexity index is 336. The predicted octanol–water partition coefficient (Wildman–Crippen LogP) is -1.31. The van der Waals surface area contributed by atoms with Crippen LogP contribution in [-0.4, -0.2) is 62.8 Å². The molecule has 2 amide bonds. The standard InChI is InChI=1S/C12H22N2O6/c1-7(15)10(17)14(11(18)8(2)16)9(12(19)20)5-3-4-6-13/h7-9,15-16H,3-6,13H2,1-2H3,(H,19,20). The quantitative estimate of drug-likeness (QED) is 0.406. The number of aliphatic carboxylic acids is 1. The molecule has 5 N–H and O–H groups in total. The molecule has 0 aromatic rings. The van der Waals surface area contributed by atoms with Crippen molar-refractivity contribution in [3.63, 3.8) is 0 Å². The molecule has 3 unspecified atom stereocenters. The van der Waals surface area contributed by atoms with Crippen LogP contribution < -0.4 is 5.73 Å². The van der Waals surface area contributed by atoms with Gasteiger partial charge >= 0.3 is 5.97 Å². The van der Waals surface area contributed by atoms with Gasteiger partial charge < -0.3 is 21.1 Å². The second-order valence-corrected chi connectivity index (χ2v) is 4.54. The van der Waals surface area contributed by atoms with E-state index < -0.39 is 36.0 Å². The van der Waals surface area contributed by atoms with E-state index in [0.717, 1.165) is 13.8 Å². The molecule has 3 atom stereocenters. The largest absolute Gasteiger partial charge is 0.480 e. The molecule has 0 radical (unpaired) electrons. The third kappa shape index (κ3) is 5.24. The minimum atomic E-state index is -1.53. The summed E-state index contributed by atoms with van der Waals surface area (Å²) in [7, 11) is 0. The number of carboxylic acid groups (broad SMARTS) is 1. The number of hydrogen-bond donors (Lipinski definition) is 4. The summed E-state index contributed by atoms with van der Waals surface area (Å²) < 4.78 is 0. The first-order valence-electron chi connectivity index (χ1n) is 6.40. The van der Waals surface area contributed by atoms with Gasteiger partial charge in [-0.05, 0) is 39.7 Å². The lowest BCUT2D eigenvalue weighted by Gasteiger charge is -2.29. The first-order chi connectivity index (χ1) is 9.23. The minimum absolute atomic E-state index is 0.0173. The van der Waals surface area contributed by atoms with Crippen molar-refractivity contribution in [1.29, 1.82) is 0 Å². The summed E-state index contributed by atoms with van der Waals surface area (Å²) in [5.74, 6) is -3.46. The van der Waals surface area contributed by atoms with E-state index in [2.05, 4.69) is 0 Å².